The summed E-state index contributed by atoms with van der Waals surface area (Å²) in [7, 11) is 0. The van der Waals surface area contributed by atoms with Gasteiger partial charge >= 0.3 is 0 Å². The number of pyridine rings is 1. The molecule has 1 unspecified atom stereocenters. The topological polar surface area (TPSA) is 48.1 Å². The lowest BCUT2D eigenvalue weighted by Gasteiger charge is -2.15. The van der Waals surface area contributed by atoms with Crippen LogP contribution in [0, 0.1) is 0 Å². The van der Waals surface area contributed by atoms with Crippen molar-refractivity contribution < 1.29 is 4.74 Å². The second-order valence-electron chi connectivity index (χ2n) is 4.82. The minimum atomic E-state index is -0.213. The number of halogens is 1. The van der Waals surface area contributed by atoms with Crippen molar-refractivity contribution in [2.45, 2.75) is 6.04 Å². The van der Waals surface area contributed by atoms with E-state index in [-0.39, 0.29) is 6.04 Å². The van der Waals surface area contributed by atoms with Gasteiger partial charge in [-0.15, -0.1) is 0 Å². The van der Waals surface area contributed by atoms with Crippen LogP contribution in [0.2, 0.25) is 5.02 Å². The van der Waals surface area contributed by atoms with E-state index >= 15 is 0 Å². The lowest BCUT2D eigenvalue weighted by molar-refractivity contribution is 0.291. The minimum Gasteiger partial charge on any atom is -0.492 e. The number of hydrogen-bond donors (Lipinski definition) is 1. The van der Waals surface area contributed by atoms with Crippen molar-refractivity contribution in [2.24, 2.45) is 5.73 Å². The monoisotopic (exact) mass is 298 g/mol. The molecule has 21 heavy (non-hydrogen) atoms. The molecule has 3 rings (SSSR count). The van der Waals surface area contributed by atoms with Crippen molar-refractivity contribution in [3.63, 3.8) is 0 Å². The molecular formula is C17H15ClN2O. The molecule has 3 nitrogen and oxygen atoms in total. The van der Waals surface area contributed by atoms with Crippen LogP contribution >= 0.6 is 11.6 Å². The lowest BCUT2D eigenvalue weighted by Crippen LogP contribution is -2.19. The van der Waals surface area contributed by atoms with E-state index in [9.17, 15) is 0 Å². The van der Waals surface area contributed by atoms with Crippen molar-refractivity contribution in [1.82, 2.24) is 4.98 Å². The van der Waals surface area contributed by atoms with E-state index in [2.05, 4.69) is 4.98 Å². The number of aromatic nitrogens is 1. The molecule has 0 fully saturated rings. The molecule has 4 heteroatoms. The van der Waals surface area contributed by atoms with Gasteiger partial charge in [0, 0.05) is 22.8 Å². The van der Waals surface area contributed by atoms with Gasteiger partial charge in [0.15, 0.2) is 0 Å². The maximum atomic E-state index is 6.27. The average molecular weight is 299 g/mol. The van der Waals surface area contributed by atoms with E-state index in [4.69, 9.17) is 22.1 Å². The number of nitrogens with zero attached hydrogens (tertiary/aromatic N) is 1. The summed E-state index contributed by atoms with van der Waals surface area (Å²) in [5.41, 5.74) is 7.32. The van der Waals surface area contributed by atoms with Crippen molar-refractivity contribution in [2.75, 3.05) is 6.61 Å². The molecule has 0 saturated carbocycles. The minimum absolute atomic E-state index is 0.213. The number of ether oxygens (including phenoxy) is 1. The van der Waals surface area contributed by atoms with Crippen LogP contribution in [0.1, 0.15) is 11.6 Å². The van der Waals surface area contributed by atoms with Crippen molar-refractivity contribution in [1.29, 1.82) is 0 Å². The van der Waals surface area contributed by atoms with E-state index in [1.807, 2.05) is 48.7 Å². The third-order valence-corrected chi connectivity index (χ3v) is 3.57. The molecule has 0 bridgehead atoms. The molecule has 1 atom stereocenters. The van der Waals surface area contributed by atoms with Crippen LogP contribution in [-0.4, -0.2) is 11.6 Å². The molecule has 1 heterocycles. The molecule has 2 aromatic carbocycles. The maximum Gasteiger partial charge on any atom is 0.120 e. The lowest BCUT2D eigenvalue weighted by atomic mass is 10.0. The number of hydrogen-bond acceptors (Lipinski definition) is 3. The zero-order chi connectivity index (χ0) is 14.7. The van der Waals surface area contributed by atoms with Crippen LogP contribution in [0.5, 0.6) is 5.75 Å². The summed E-state index contributed by atoms with van der Waals surface area (Å²) in [6, 6.07) is 15.1. The van der Waals surface area contributed by atoms with Crippen LogP contribution in [0.15, 0.2) is 60.9 Å². The fourth-order valence-corrected chi connectivity index (χ4v) is 2.48. The summed E-state index contributed by atoms with van der Waals surface area (Å²) in [4.78, 5) is 4.13. The normalized spacial score (nSPS) is 12.3. The van der Waals surface area contributed by atoms with Crippen molar-refractivity contribution in [3.05, 3.63) is 71.5 Å². The average Bonchev–Trinajstić information content (AvgIpc) is 2.52. The summed E-state index contributed by atoms with van der Waals surface area (Å²) in [5, 5.41) is 2.83. The van der Waals surface area contributed by atoms with Gasteiger partial charge in [-0.25, -0.2) is 0 Å². The van der Waals surface area contributed by atoms with Crippen LogP contribution < -0.4 is 10.5 Å². The molecule has 0 saturated heterocycles. The number of nitrogens with two attached hydrogens (primary N) is 1. The third-order valence-electron chi connectivity index (χ3n) is 3.34. The highest BCUT2D eigenvalue weighted by molar-refractivity contribution is 6.30. The standard InChI is InChI=1S/C17H15ClN2O/c18-13-4-2-5-14(9-13)21-11-17(19)16-6-1-3-12-10-20-8-7-15(12)16/h1-10,17H,11,19H2. The van der Waals surface area contributed by atoms with Gasteiger partial charge in [0.2, 0.25) is 0 Å². The second kappa shape index (κ2) is 6.12. The molecule has 0 radical (unpaired) electrons. The first-order valence-corrected chi connectivity index (χ1v) is 7.08. The molecule has 0 aliphatic rings. The van der Waals surface area contributed by atoms with Gasteiger partial charge in [-0.05, 0) is 35.2 Å². The Hall–Kier alpha value is -2.10. The number of fused-ring (bicyclic) bond motifs is 1. The van der Waals surface area contributed by atoms with E-state index < -0.39 is 0 Å². The number of benzene rings is 2. The molecule has 2 N–H and O–H groups in total. The van der Waals surface area contributed by atoms with Crippen LogP contribution in [0.4, 0.5) is 0 Å². The first-order valence-electron chi connectivity index (χ1n) is 6.70. The highest BCUT2D eigenvalue weighted by Gasteiger charge is 2.10. The quantitative estimate of drug-likeness (QED) is 0.793. The summed E-state index contributed by atoms with van der Waals surface area (Å²) >= 11 is 5.94. The Morgan fingerprint density at radius 3 is 2.86 bits per heavy atom. The Labute approximate surface area is 128 Å². The highest BCUT2D eigenvalue weighted by Crippen LogP contribution is 2.24. The summed E-state index contributed by atoms with van der Waals surface area (Å²) in [5.74, 6) is 0.722. The fraction of sp³-hybridized carbons (Fsp3) is 0.118. The van der Waals surface area contributed by atoms with Gasteiger partial charge in [-0.1, -0.05) is 35.9 Å². The third kappa shape index (κ3) is 3.15. The van der Waals surface area contributed by atoms with Crippen LogP contribution in [0.3, 0.4) is 0 Å². The largest absolute Gasteiger partial charge is 0.492 e. The summed E-state index contributed by atoms with van der Waals surface area (Å²) < 4.78 is 5.73. The molecule has 0 spiro atoms. The van der Waals surface area contributed by atoms with Gasteiger partial charge < -0.3 is 10.5 Å². The van der Waals surface area contributed by atoms with Crippen LogP contribution in [0.25, 0.3) is 10.8 Å². The van der Waals surface area contributed by atoms with Crippen LogP contribution in [-0.2, 0) is 0 Å². The van der Waals surface area contributed by atoms with E-state index in [1.165, 1.54) is 0 Å². The zero-order valence-electron chi connectivity index (χ0n) is 11.4. The molecule has 0 amide bonds. The van der Waals surface area contributed by atoms with E-state index in [1.54, 1.807) is 12.3 Å². The number of rotatable bonds is 4. The Morgan fingerprint density at radius 2 is 2.00 bits per heavy atom. The SMILES string of the molecule is NC(COc1cccc(Cl)c1)c1cccc2cnccc12. The van der Waals surface area contributed by atoms with Crippen molar-refractivity contribution in [3.8, 4) is 5.75 Å². The van der Waals surface area contributed by atoms with Gasteiger partial charge in [-0.3, -0.25) is 4.98 Å². The van der Waals surface area contributed by atoms with Gasteiger partial charge in [0.25, 0.3) is 0 Å². The molecule has 0 aliphatic heterocycles. The van der Waals surface area contributed by atoms with Gasteiger partial charge in [0.05, 0.1) is 6.04 Å². The van der Waals surface area contributed by atoms with Gasteiger partial charge in [0.1, 0.15) is 12.4 Å². The highest BCUT2D eigenvalue weighted by atomic mass is 35.5. The molecule has 3 aromatic rings. The first-order chi connectivity index (χ1) is 10.2. The maximum absolute atomic E-state index is 6.27. The predicted octanol–water partition coefficient (Wildman–Crippen LogP) is 3.97. The Morgan fingerprint density at radius 1 is 1.14 bits per heavy atom. The second-order valence-corrected chi connectivity index (χ2v) is 5.26. The Kier molecular flexibility index (Phi) is 4.04. The molecular weight excluding hydrogens is 284 g/mol. The molecule has 1 aromatic heterocycles. The smallest absolute Gasteiger partial charge is 0.120 e. The van der Waals surface area contributed by atoms with Gasteiger partial charge in [-0.2, -0.15) is 0 Å². The Bertz CT molecular complexity index is 755. The summed E-state index contributed by atoms with van der Waals surface area (Å²) in [6.45, 7) is 0.391. The Balaban J connectivity index is 1.79. The van der Waals surface area contributed by atoms with Crippen molar-refractivity contribution >= 4 is 22.4 Å². The fourth-order valence-electron chi connectivity index (χ4n) is 2.30. The molecule has 106 valence electrons. The summed E-state index contributed by atoms with van der Waals surface area (Å²) in [6.07, 6.45) is 3.61. The predicted molar refractivity (Wildman–Crippen MR) is 85.6 cm³/mol. The first kappa shape index (κ1) is 13.9. The zero-order valence-corrected chi connectivity index (χ0v) is 12.1. The van der Waals surface area contributed by atoms with E-state index in [0.29, 0.717) is 11.6 Å². The molecule has 0 aliphatic carbocycles. The van der Waals surface area contributed by atoms with E-state index in [0.717, 1.165) is 22.1 Å².